The molecule has 9 nitrogen and oxygen atoms in total. The second kappa shape index (κ2) is 10.9. The highest BCUT2D eigenvalue weighted by molar-refractivity contribution is 5.82. The van der Waals surface area contributed by atoms with Crippen molar-refractivity contribution in [2.75, 3.05) is 25.1 Å². The molecule has 1 amide bonds. The lowest BCUT2D eigenvalue weighted by Crippen LogP contribution is -2.43. The van der Waals surface area contributed by atoms with Gasteiger partial charge in [-0.15, -0.1) is 0 Å². The van der Waals surface area contributed by atoms with Crippen molar-refractivity contribution in [3.63, 3.8) is 0 Å². The smallest absolute Gasteiger partial charge is 0.387 e. The number of fused-ring (bicyclic) bond motifs is 1. The summed E-state index contributed by atoms with van der Waals surface area (Å²) in [7, 11) is 0. The number of amides is 1. The summed E-state index contributed by atoms with van der Waals surface area (Å²) in [6, 6.07) is 2.46. The molecule has 1 aromatic heterocycles. The zero-order chi connectivity index (χ0) is 24.1. The minimum atomic E-state index is -3.17. The van der Waals surface area contributed by atoms with Crippen LogP contribution in [0.1, 0.15) is 36.4 Å². The maximum absolute atomic E-state index is 14.1. The van der Waals surface area contributed by atoms with Crippen LogP contribution in [0.3, 0.4) is 0 Å². The molecule has 3 heterocycles. The Balaban J connectivity index is 1.39. The van der Waals surface area contributed by atoms with Gasteiger partial charge in [-0.3, -0.25) is 4.79 Å². The average molecular weight is 482 g/mol. The molecule has 1 aromatic carbocycles. The monoisotopic (exact) mass is 482 g/mol. The van der Waals surface area contributed by atoms with Crippen molar-refractivity contribution in [2.45, 2.75) is 50.5 Å². The molecular formula is C22H25F3N4O5. The normalized spacial score (nSPS) is 19.1. The Bertz CT molecular complexity index is 1010. The molecule has 0 radical (unpaired) electrons. The summed E-state index contributed by atoms with van der Waals surface area (Å²) in [5.74, 6) is -1.47. The first kappa shape index (κ1) is 24.0. The Labute approximate surface area is 193 Å². The zero-order valence-electron chi connectivity index (χ0n) is 18.2. The first-order chi connectivity index (χ1) is 16.4. The molecule has 0 spiro atoms. The Hall–Kier alpha value is -3.12. The van der Waals surface area contributed by atoms with Gasteiger partial charge in [-0.2, -0.15) is 13.8 Å². The molecule has 1 fully saturated rings. The quantitative estimate of drug-likeness (QED) is 0.526. The van der Waals surface area contributed by atoms with Crippen LogP contribution in [0.5, 0.6) is 11.6 Å². The van der Waals surface area contributed by atoms with Crippen molar-refractivity contribution in [3.8, 4) is 11.6 Å². The summed E-state index contributed by atoms with van der Waals surface area (Å²) < 4.78 is 54.0. The Morgan fingerprint density at radius 3 is 2.76 bits per heavy atom. The summed E-state index contributed by atoms with van der Waals surface area (Å²) in [6.45, 7) is -2.38. The van der Waals surface area contributed by atoms with Gasteiger partial charge in [-0.05, 0) is 43.4 Å². The maximum atomic E-state index is 14.1. The highest BCUT2D eigenvalue weighted by Gasteiger charge is 2.30. The summed E-state index contributed by atoms with van der Waals surface area (Å²) in [5.41, 5.74) is 0.966. The van der Waals surface area contributed by atoms with Gasteiger partial charge >= 0.3 is 6.61 Å². The fraction of sp³-hybridized carbons (Fsp3) is 0.500. The molecule has 0 aliphatic carbocycles. The molecule has 2 atom stereocenters. The molecule has 184 valence electrons. The number of halogens is 3. The topological polar surface area (TPSA) is 115 Å². The minimum absolute atomic E-state index is 0.191. The number of aliphatic hydroxyl groups is 1. The molecule has 0 saturated carbocycles. The maximum Gasteiger partial charge on any atom is 0.387 e. The molecule has 2 aromatic rings. The van der Waals surface area contributed by atoms with Crippen molar-refractivity contribution >= 4 is 11.9 Å². The molecule has 0 bridgehead atoms. The third kappa shape index (κ3) is 5.86. The fourth-order valence-corrected chi connectivity index (χ4v) is 3.85. The van der Waals surface area contributed by atoms with Gasteiger partial charge < -0.3 is 30.0 Å². The van der Waals surface area contributed by atoms with Gasteiger partial charge in [0.05, 0.1) is 12.6 Å². The lowest BCUT2D eigenvalue weighted by Gasteiger charge is -2.27. The van der Waals surface area contributed by atoms with E-state index in [0.717, 1.165) is 30.5 Å². The van der Waals surface area contributed by atoms with Crippen LogP contribution in [-0.2, 0) is 16.0 Å². The number of hydrogen-bond acceptors (Lipinski definition) is 8. The molecule has 0 unspecified atom stereocenters. The van der Waals surface area contributed by atoms with E-state index in [1.54, 1.807) is 6.20 Å². The summed E-state index contributed by atoms with van der Waals surface area (Å²) in [6.07, 6.45) is 3.35. The second-order valence-electron chi connectivity index (χ2n) is 8.01. The van der Waals surface area contributed by atoms with Crippen LogP contribution >= 0.6 is 0 Å². The summed E-state index contributed by atoms with van der Waals surface area (Å²) >= 11 is 0. The van der Waals surface area contributed by atoms with Crippen LogP contribution in [0.4, 0.5) is 19.1 Å². The number of alkyl halides is 2. The van der Waals surface area contributed by atoms with Crippen LogP contribution in [-0.4, -0.2) is 59.6 Å². The van der Waals surface area contributed by atoms with Gasteiger partial charge in [-0.25, -0.2) is 9.37 Å². The number of hydrogen-bond donors (Lipinski definition) is 3. The third-order valence-corrected chi connectivity index (χ3v) is 5.67. The van der Waals surface area contributed by atoms with E-state index in [1.165, 1.54) is 6.07 Å². The number of rotatable bonds is 8. The number of aryl methyl sites for hydroxylation is 1. The number of carbonyl (C=O) groups excluding carboxylic acids is 1. The van der Waals surface area contributed by atoms with Crippen LogP contribution in [0.25, 0.3) is 0 Å². The first-order valence-corrected chi connectivity index (χ1v) is 10.9. The number of aliphatic hydroxyl groups excluding tert-OH is 1. The standard InChI is InChI=1S/C22H25F3N4O5/c23-15-9-12(1-3-17(15)34-21(24)25)16(11-30)28-19(31)18-4-2-13-10-26-22(29-20(13)33-18)27-14-5-7-32-8-6-14/h1,3,9-10,14,16,18,21,30H,2,4-8,11H2,(H,28,31)(H,26,27,29)/t16-,18-/m1/s1. The lowest BCUT2D eigenvalue weighted by atomic mass is 10.0. The lowest BCUT2D eigenvalue weighted by molar-refractivity contribution is -0.130. The van der Waals surface area contributed by atoms with Gasteiger partial charge in [0.1, 0.15) is 0 Å². The van der Waals surface area contributed by atoms with Crippen molar-refractivity contribution < 1.29 is 37.3 Å². The zero-order valence-corrected chi connectivity index (χ0v) is 18.2. The Morgan fingerprint density at radius 2 is 2.06 bits per heavy atom. The fourth-order valence-electron chi connectivity index (χ4n) is 3.85. The number of aromatic nitrogens is 2. The Kier molecular flexibility index (Phi) is 7.68. The predicted octanol–water partition coefficient (Wildman–Crippen LogP) is 2.35. The first-order valence-electron chi connectivity index (χ1n) is 10.9. The summed E-state index contributed by atoms with van der Waals surface area (Å²) in [4.78, 5) is 21.5. The van der Waals surface area contributed by atoms with Gasteiger partial charge in [-0.1, -0.05) is 6.07 Å². The van der Waals surface area contributed by atoms with Gasteiger partial charge in [0.15, 0.2) is 17.7 Å². The SMILES string of the molecule is O=C(N[C@H](CO)c1ccc(OC(F)F)c(F)c1)[C@H]1CCc2cnc(NC3CCOCC3)nc2O1. The van der Waals surface area contributed by atoms with Crippen molar-refractivity contribution in [1.29, 1.82) is 0 Å². The summed E-state index contributed by atoms with van der Waals surface area (Å²) in [5, 5.41) is 15.6. The number of nitrogens with zero attached hydrogens (tertiary/aromatic N) is 2. The molecule has 4 rings (SSSR count). The number of anilines is 1. The highest BCUT2D eigenvalue weighted by Crippen LogP contribution is 2.28. The van der Waals surface area contributed by atoms with Gasteiger partial charge in [0, 0.05) is 31.0 Å². The number of nitrogens with one attached hydrogen (secondary N) is 2. The molecule has 12 heteroatoms. The van der Waals surface area contributed by atoms with Gasteiger partial charge in [0.25, 0.3) is 5.91 Å². The van der Waals surface area contributed by atoms with E-state index in [-0.39, 0.29) is 11.6 Å². The van der Waals surface area contributed by atoms with Gasteiger partial charge in [0.2, 0.25) is 11.8 Å². The third-order valence-electron chi connectivity index (χ3n) is 5.67. The number of ether oxygens (including phenoxy) is 3. The predicted molar refractivity (Wildman–Crippen MR) is 113 cm³/mol. The molecule has 3 N–H and O–H groups in total. The van der Waals surface area contributed by atoms with E-state index in [1.807, 2.05) is 0 Å². The van der Waals surface area contributed by atoms with E-state index in [0.29, 0.717) is 37.9 Å². The molecule has 34 heavy (non-hydrogen) atoms. The van der Waals surface area contributed by atoms with Crippen molar-refractivity contribution in [3.05, 3.63) is 41.3 Å². The minimum Gasteiger partial charge on any atom is -0.464 e. The van der Waals surface area contributed by atoms with E-state index in [4.69, 9.17) is 9.47 Å². The van der Waals surface area contributed by atoms with Crippen LogP contribution in [0.15, 0.2) is 24.4 Å². The molecule has 1 saturated heterocycles. The molecule has 2 aliphatic heterocycles. The van der Waals surface area contributed by atoms with E-state index >= 15 is 0 Å². The van der Waals surface area contributed by atoms with Crippen LogP contribution < -0.4 is 20.1 Å². The molecular weight excluding hydrogens is 457 g/mol. The van der Waals surface area contributed by atoms with E-state index < -0.39 is 42.8 Å². The largest absolute Gasteiger partial charge is 0.464 e. The van der Waals surface area contributed by atoms with Crippen LogP contribution in [0.2, 0.25) is 0 Å². The number of benzene rings is 1. The van der Waals surface area contributed by atoms with Crippen LogP contribution in [0, 0.1) is 5.82 Å². The van der Waals surface area contributed by atoms with E-state index in [9.17, 15) is 23.1 Å². The number of carbonyl (C=O) groups is 1. The highest BCUT2D eigenvalue weighted by atomic mass is 19.3. The molecule has 2 aliphatic rings. The van der Waals surface area contributed by atoms with E-state index in [2.05, 4.69) is 25.3 Å². The van der Waals surface area contributed by atoms with Crippen molar-refractivity contribution in [2.24, 2.45) is 0 Å². The van der Waals surface area contributed by atoms with Crippen molar-refractivity contribution in [1.82, 2.24) is 15.3 Å². The average Bonchev–Trinajstić information content (AvgIpc) is 2.83. The second-order valence-corrected chi connectivity index (χ2v) is 8.01. The Morgan fingerprint density at radius 1 is 1.26 bits per heavy atom.